The molecule has 0 amide bonds. The predicted octanol–water partition coefficient (Wildman–Crippen LogP) is 2.39. The van der Waals surface area contributed by atoms with Gasteiger partial charge in [-0.2, -0.15) is 0 Å². The van der Waals surface area contributed by atoms with Crippen LogP contribution in [0, 0.1) is 10.8 Å². The fourth-order valence-electron chi connectivity index (χ4n) is 6.40. The SMILES string of the molecule is C=C[C@@]1(C)CC(=O)[C@@]2(O)[C@](C)(O1)[C@@H](OC(=O)CN(CC)CC)C=C1C(C)(C)CC[C@H](O)[C@@]12C.Cl.O. The van der Waals surface area contributed by atoms with E-state index in [1.165, 1.54) is 0 Å². The van der Waals surface area contributed by atoms with Crippen LogP contribution in [-0.4, -0.2) is 81.0 Å². The van der Waals surface area contributed by atoms with E-state index in [9.17, 15) is 19.8 Å². The number of fused-ring (bicyclic) bond motifs is 3. The average molecular weight is 518 g/mol. The van der Waals surface area contributed by atoms with Crippen molar-refractivity contribution in [1.82, 2.24) is 4.90 Å². The first-order valence-corrected chi connectivity index (χ1v) is 12.1. The Bertz CT molecular complexity index is 872. The molecule has 2 aliphatic carbocycles. The van der Waals surface area contributed by atoms with Crippen LogP contribution in [0.2, 0.25) is 0 Å². The molecule has 1 saturated carbocycles. The zero-order valence-corrected chi connectivity index (χ0v) is 23.0. The van der Waals surface area contributed by atoms with Gasteiger partial charge in [-0.05, 0) is 58.2 Å². The van der Waals surface area contributed by atoms with Crippen LogP contribution in [0.5, 0.6) is 0 Å². The van der Waals surface area contributed by atoms with Crippen LogP contribution in [-0.2, 0) is 19.1 Å². The predicted molar refractivity (Wildman–Crippen MR) is 136 cm³/mol. The number of esters is 1. The van der Waals surface area contributed by atoms with E-state index in [1.807, 2.05) is 38.7 Å². The van der Waals surface area contributed by atoms with Gasteiger partial charge in [0.2, 0.25) is 0 Å². The summed E-state index contributed by atoms with van der Waals surface area (Å²) in [6.45, 7) is 18.4. The van der Waals surface area contributed by atoms with Gasteiger partial charge in [-0.15, -0.1) is 19.0 Å². The van der Waals surface area contributed by atoms with E-state index in [-0.39, 0.29) is 30.8 Å². The molecule has 2 fully saturated rings. The smallest absolute Gasteiger partial charge is 0.320 e. The van der Waals surface area contributed by atoms with Gasteiger partial charge >= 0.3 is 5.97 Å². The number of halogens is 1. The van der Waals surface area contributed by atoms with Crippen molar-refractivity contribution in [1.29, 1.82) is 0 Å². The number of carbonyl (C=O) groups excluding carboxylic acids is 2. The molecule has 0 aromatic rings. The molecular weight excluding hydrogens is 474 g/mol. The van der Waals surface area contributed by atoms with Gasteiger partial charge in [0.15, 0.2) is 17.5 Å². The molecule has 4 N–H and O–H groups in total. The van der Waals surface area contributed by atoms with Gasteiger partial charge in [0, 0.05) is 6.42 Å². The zero-order valence-electron chi connectivity index (χ0n) is 22.1. The molecule has 1 heterocycles. The highest BCUT2D eigenvalue weighted by molar-refractivity contribution is 5.93. The van der Waals surface area contributed by atoms with Gasteiger partial charge in [-0.1, -0.05) is 39.3 Å². The summed E-state index contributed by atoms with van der Waals surface area (Å²) in [6.07, 6.45) is 2.45. The summed E-state index contributed by atoms with van der Waals surface area (Å²) in [6, 6.07) is 0. The minimum atomic E-state index is -2.09. The van der Waals surface area contributed by atoms with Crippen molar-refractivity contribution in [3.63, 3.8) is 0 Å². The normalized spacial score (nSPS) is 39.8. The molecule has 0 bridgehead atoms. The Kier molecular flexibility index (Phi) is 9.27. The Labute approximate surface area is 215 Å². The van der Waals surface area contributed by atoms with Gasteiger partial charge in [-0.3, -0.25) is 14.5 Å². The van der Waals surface area contributed by atoms with Crippen LogP contribution in [0.1, 0.15) is 67.7 Å². The molecule has 0 unspecified atom stereocenters. The van der Waals surface area contributed by atoms with Gasteiger partial charge in [0.1, 0.15) is 5.60 Å². The second-order valence-electron chi connectivity index (χ2n) is 11.1. The Hall–Kier alpha value is -1.29. The highest BCUT2D eigenvalue weighted by atomic mass is 35.5. The van der Waals surface area contributed by atoms with Crippen LogP contribution in [0.4, 0.5) is 0 Å². The molecule has 0 aromatic heterocycles. The maximum atomic E-state index is 13.8. The molecule has 0 spiro atoms. The van der Waals surface area contributed by atoms with Crippen LogP contribution in [0.25, 0.3) is 0 Å². The average Bonchev–Trinajstić information content (AvgIpc) is 2.74. The standard InChI is InChI=1S/C26H41NO6.ClH.H2O/c1-9-23(6)15-19(29)26(31)24(7)17(22(4,5)13-12-18(24)28)14-20(25(26,8)33-23)32-21(30)16-27(10-2)11-3;;/h9,14,18,20,28,31H,1,10-13,15-16H2,2-8H3;1H;1H2/t18-,20-,23-,24+,25+,26-;;/m0../s1. The first kappa shape index (κ1) is 31.7. The molecule has 0 aromatic carbocycles. The van der Waals surface area contributed by atoms with Crippen molar-refractivity contribution in [2.75, 3.05) is 19.6 Å². The topological polar surface area (TPSA) is 128 Å². The minimum absolute atomic E-state index is 0. The summed E-state index contributed by atoms with van der Waals surface area (Å²) < 4.78 is 12.4. The minimum Gasteiger partial charge on any atom is -0.454 e. The number of carbonyl (C=O) groups is 2. The maximum Gasteiger partial charge on any atom is 0.320 e. The first-order valence-electron chi connectivity index (χ1n) is 12.1. The Morgan fingerprint density at radius 2 is 1.83 bits per heavy atom. The van der Waals surface area contributed by atoms with E-state index in [4.69, 9.17) is 9.47 Å². The molecule has 3 rings (SSSR count). The molecule has 8 nitrogen and oxygen atoms in total. The summed E-state index contributed by atoms with van der Waals surface area (Å²) in [7, 11) is 0. The third-order valence-corrected chi connectivity index (χ3v) is 8.63. The van der Waals surface area contributed by atoms with Gasteiger partial charge in [-0.25, -0.2) is 0 Å². The van der Waals surface area contributed by atoms with Crippen molar-refractivity contribution < 1.29 is 34.8 Å². The number of ketones is 1. The highest BCUT2D eigenvalue weighted by Crippen LogP contribution is 2.64. The lowest BCUT2D eigenvalue weighted by atomic mass is 9.44. The van der Waals surface area contributed by atoms with Gasteiger partial charge < -0.3 is 25.2 Å². The summed E-state index contributed by atoms with van der Waals surface area (Å²) in [5.41, 5.74) is -5.72. The lowest BCUT2D eigenvalue weighted by Crippen LogP contribution is -2.81. The fraction of sp³-hybridized carbons (Fsp3) is 0.769. The quantitative estimate of drug-likeness (QED) is 0.409. The van der Waals surface area contributed by atoms with Crippen molar-refractivity contribution >= 4 is 24.2 Å². The van der Waals surface area contributed by atoms with E-state index in [2.05, 4.69) is 6.58 Å². The molecule has 202 valence electrons. The Morgan fingerprint density at radius 3 is 2.34 bits per heavy atom. The number of aliphatic hydroxyl groups excluding tert-OH is 1. The van der Waals surface area contributed by atoms with Crippen molar-refractivity contribution in [2.24, 2.45) is 10.8 Å². The number of aliphatic hydroxyl groups is 2. The fourth-order valence-corrected chi connectivity index (χ4v) is 6.40. The van der Waals surface area contributed by atoms with Gasteiger partial charge in [0.05, 0.1) is 23.7 Å². The van der Waals surface area contributed by atoms with E-state index < -0.39 is 51.6 Å². The monoisotopic (exact) mass is 517 g/mol. The Morgan fingerprint density at radius 1 is 1.26 bits per heavy atom. The van der Waals surface area contributed by atoms with E-state index in [1.54, 1.807) is 26.8 Å². The summed E-state index contributed by atoms with van der Waals surface area (Å²) in [4.78, 5) is 28.7. The Balaban J connectivity index is 0.00000306. The maximum absolute atomic E-state index is 13.8. The number of ether oxygens (including phenoxy) is 2. The van der Waals surface area contributed by atoms with Crippen LogP contribution < -0.4 is 0 Å². The van der Waals surface area contributed by atoms with Crippen molar-refractivity contribution in [2.45, 2.75) is 96.7 Å². The van der Waals surface area contributed by atoms with E-state index in [0.717, 1.165) is 5.57 Å². The van der Waals surface area contributed by atoms with Crippen LogP contribution in [0.3, 0.4) is 0 Å². The lowest BCUT2D eigenvalue weighted by molar-refractivity contribution is -0.305. The molecule has 1 saturated heterocycles. The second-order valence-corrected chi connectivity index (χ2v) is 11.1. The summed E-state index contributed by atoms with van der Waals surface area (Å²) in [5.74, 6) is -0.892. The van der Waals surface area contributed by atoms with Gasteiger partial charge in [0.25, 0.3) is 0 Å². The number of hydrogen-bond acceptors (Lipinski definition) is 7. The molecule has 35 heavy (non-hydrogen) atoms. The third-order valence-electron chi connectivity index (χ3n) is 8.63. The summed E-state index contributed by atoms with van der Waals surface area (Å²) >= 11 is 0. The number of likely N-dealkylation sites (N-methyl/N-ethyl adjacent to an activating group) is 1. The third kappa shape index (κ3) is 4.51. The molecule has 0 radical (unpaired) electrons. The number of nitrogens with zero attached hydrogens (tertiary/aromatic N) is 1. The van der Waals surface area contributed by atoms with Crippen LogP contribution >= 0.6 is 12.4 Å². The molecule has 6 atom stereocenters. The van der Waals surface area contributed by atoms with Crippen molar-refractivity contribution in [3.05, 3.63) is 24.3 Å². The summed E-state index contributed by atoms with van der Waals surface area (Å²) in [5, 5.41) is 23.6. The second kappa shape index (κ2) is 10.2. The molecule has 9 heteroatoms. The van der Waals surface area contributed by atoms with Crippen LogP contribution in [0.15, 0.2) is 24.3 Å². The van der Waals surface area contributed by atoms with E-state index >= 15 is 0 Å². The first-order chi connectivity index (χ1) is 15.1. The highest BCUT2D eigenvalue weighted by Gasteiger charge is 2.76. The molecule has 3 aliphatic rings. The van der Waals surface area contributed by atoms with Crippen molar-refractivity contribution in [3.8, 4) is 0 Å². The zero-order chi connectivity index (χ0) is 25.0. The number of rotatable bonds is 6. The largest absolute Gasteiger partial charge is 0.454 e. The molecule has 1 aliphatic heterocycles. The number of hydrogen-bond donors (Lipinski definition) is 2. The number of Topliss-reactive ketones (excluding diaryl/α,β-unsaturated/α-hetero) is 1. The van der Waals surface area contributed by atoms with E-state index in [0.29, 0.717) is 25.9 Å². The lowest BCUT2D eigenvalue weighted by Gasteiger charge is -2.66. The molecular formula is C26H44ClNO7.